The number of nitrogens with one attached hydrogen (secondary N) is 1. The topological polar surface area (TPSA) is 72.4 Å². The molecule has 2 rings (SSSR count). The standard InChI is InChI=1S/C11H15N3O2/c1-14(5-9(16)6-15)8-2-3-10-11(4-8)13-7-12-10/h2-4,7,9,15-16H,5-6H2,1H3,(H,12,13). The highest BCUT2D eigenvalue weighted by molar-refractivity contribution is 5.78. The lowest BCUT2D eigenvalue weighted by molar-refractivity contribution is 0.101. The number of likely N-dealkylation sites (N-methyl/N-ethyl adjacent to an activating group) is 1. The number of imidazole rings is 1. The number of H-pyrrole nitrogens is 1. The van der Waals surface area contributed by atoms with E-state index in [9.17, 15) is 5.11 Å². The molecule has 0 radical (unpaired) electrons. The SMILES string of the molecule is CN(CC(O)CO)c1ccc2nc[nH]c2c1. The molecule has 0 saturated heterocycles. The van der Waals surface area contributed by atoms with Crippen molar-refractivity contribution < 1.29 is 10.2 Å². The second-order valence-electron chi connectivity index (χ2n) is 3.82. The average molecular weight is 221 g/mol. The number of anilines is 1. The summed E-state index contributed by atoms with van der Waals surface area (Å²) in [6.45, 7) is 0.173. The van der Waals surface area contributed by atoms with Gasteiger partial charge in [0.25, 0.3) is 0 Å². The molecule has 0 fully saturated rings. The predicted octanol–water partition coefficient (Wildman–Crippen LogP) is 0.352. The Kier molecular flexibility index (Phi) is 3.07. The van der Waals surface area contributed by atoms with E-state index in [1.54, 1.807) is 6.33 Å². The Balaban J connectivity index is 2.18. The van der Waals surface area contributed by atoms with Crippen LogP contribution >= 0.6 is 0 Å². The number of nitrogens with zero attached hydrogens (tertiary/aromatic N) is 2. The molecule has 86 valence electrons. The summed E-state index contributed by atoms with van der Waals surface area (Å²) in [5.74, 6) is 0. The maximum absolute atomic E-state index is 9.35. The molecular formula is C11H15N3O2. The van der Waals surface area contributed by atoms with Gasteiger partial charge in [0, 0.05) is 19.3 Å². The van der Waals surface area contributed by atoms with Crippen LogP contribution in [0.25, 0.3) is 11.0 Å². The fraction of sp³-hybridized carbons (Fsp3) is 0.364. The molecule has 1 heterocycles. The Labute approximate surface area is 93.3 Å². The van der Waals surface area contributed by atoms with Gasteiger partial charge in [-0.3, -0.25) is 0 Å². The average Bonchev–Trinajstić information content (AvgIpc) is 2.75. The van der Waals surface area contributed by atoms with E-state index < -0.39 is 6.10 Å². The molecule has 0 amide bonds. The number of aliphatic hydroxyl groups is 2. The Bertz CT molecular complexity index is 469. The molecule has 0 aliphatic heterocycles. The molecule has 1 aromatic heterocycles. The highest BCUT2D eigenvalue weighted by Crippen LogP contribution is 2.18. The Morgan fingerprint density at radius 2 is 2.31 bits per heavy atom. The third kappa shape index (κ3) is 2.15. The molecule has 1 aromatic carbocycles. The normalized spacial score (nSPS) is 12.9. The molecule has 1 unspecified atom stereocenters. The number of aliphatic hydroxyl groups excluding tert-OH is 2. The second kappa shape index (κ2) is 4.51. The van der Waals surface area contributed by atoms with Gasteiger partial charge in [0.05, 0.1) is 30.1 Å². The van der Waals surface area contributed by atoms with Gasteiger partial charge < -0.3 is 20.1 Å². The fourth-order valence-electron chi connectivity index (χ4n) is 1.64. The summed E-state index contributed by atoms with van der Waals surface area (Å²) in [5, 5.41) is 18.1. The maximum atomic E-state index is 9.35. The van der Waals surface area contributed by atoms with Crippen molar-refractivity contribution in [2.24, 2.45) is 0 Å². The van der Waals surface area contributed by atoms with E-state index in [2.05, 4.69) is 9.97 Å². The van der Waals surface area contributed by atoms with Crippen molar-refractivity contribution in [3.05, 3.63) is 24.5 Å². The van der Waals surface area contributed by atoms with Crippen molar-refractivity contribution >= 4 is 16.7 Å². The van der Waals surface area contributed by atoms with Crippen molar-refractivity contribution in [1.29, 1.82) is 0 Å². The molecule has 0 aliphatic carbocycles. The summed E-state index contributed by atoms with van der Waals surface area (Å²) in [4.78, 5) is 9.06. The van der Waals surface area contributed by atoms with Crippen LogP contribution in [0, 0.1) is 0 Å². The van der Waals surface area contributed by atoms with Crippen LogP contribution in [-0.2, 0) is 0 Å². The lowest BCUT2D eigenvalue weighted by Crippen LogP contribution is -2.31. The Morgan fingerprint density at radius 3 is 3.06 bits per heavy atom. The molecule has 2 aromatic rings. The summed E-state index contributed by atoms with van der Waals surface area (Å²) in [6.07, 6.45) is 0.930. The minimum atomic E-state index is -0.720. The molecule has 0 bridgehead atoms. The van der Waals surface area contributed by atoms with Crippen molar-refractivity contribution in [3.8, 4) is 0 Å². The van der Waals surface area contributed by atoms with Gasteiger partial charge in [0.1, 0.15) is 0 Å². The predicted molar refractivity (Wildman–Crippen MR) is 62.5 cm³/mol. The third-order valence-corrected chi connectivity index (χ3v) is 2.54. The first-order valence-electron chi connectivity index (χ1n) is 5.14. The molecule has 1 atom stereocenters. The first kappa shape index (κ1) is 10.9. The lowest BCUT2D eigenvalue weighted by Gasteiger charge is -2.21. The van der Waals surface area contributed by atoms with Crippen LogP contribution in [0.1, 0.15) is 0 Å². The molecule has 5 nitrogen and oxygen atoms in total. The number of aromatic nitrogens is 2. The van der Waals surface area contributed by atoms with E-state index in [1.807, 2.05) is 30.1 Å². The summed E-state index contributed by atoms with van der Waals surface area (Å²) in [6, 6.07) is 5.82. The van der Waals surface area contributed by atoms with Crippen LogP contribution in [0.5, 0.6) is 0 Å². The Morgan fingerprint density at radius 1 is 1.50 bits per heavy atom. The number of benzene rings is 1. The monoisotopic (exact) mass is 221 g/mol. The van der Waals surface area contributed by atoms with E-state index in [0.29, 0.717) is 6.54 Å². The number of fused-ring (bicyclic) bond motifs is 1. The zero-order valence-electron chi connectivity index (χ0n) is 9.09. The van der Waals surface area contributed by atoms with Crippen LogP contribution < -0.4 is 4.90 Å². The Hall–Kier alpha value is -1.59. The molecule has 5 heteroatoms. The summed E-state index contributed by atoms with van der Waals surface area (Å²) in [7, 11) is 1.87. The summed E-state index contributed by atoms with van der Waals surface area (Å²) < 4.78 is 0. The van der Waals surface area contributed by atoms with E-state index >= 15 is 0 Å². The lowest BCUT2D eigenvalue weighted by atomic mass is 10.2. The molecular weight excluding hydrogens is 206 g/mol. The number of rotatable bonds is 4. The van der Waals surface area contributed by atoms with Gasteiger partial charge in [-0.1, -0.05) is 0 Å². The van der Waals surface area contributed by atoms with Crippen LogP contribution in [0.4, 0.5) is 5.69 Å². The third-order valence-electron chi connectivity index (χ3n) is 2.54. The fourth-order valence-corrected chi connectivity index (χ4v) is 1.64. The molecule has 16 heavy (non-hydrogen) atoms. The van der Waals surface area contributed by atoms with Crippen LogP contribution in [0.15, 0.2) is 24.5 Å². The van der Waals surface area contributed by atoms with Gasteiger partial charge >= 0.3 is 0 Å². The highest BCUT2D eigenvalue weighted by Gasteiger charge is 2.08. The first-order chi connectivity index (χ1) is 7.70. The van der Waals surface area contributed by atoms with Gasteiger partial charge in [-0.15, -0.1) is 0 Å². The highest BCUT2D eigenvalue weighted by atomic mass is 16.3. The molecule has 0 saturated carbocycles. The zero-order valence-corrected chi connectivity index (χ0v) is 9.09. The minimum absolute atomic E-state index is 0.226. The van der Waals surface area contributed by atoms with Crippen LogP contribution in [0.3, 0.4) is 0 Å². The quantitative estimate of drug-likeness (QED) is 0.696. The van der Waals surface area contributed by atoms with E-state index in [-0.39, 0.29) is 6.61 Å². The van der Waals surface area contributed by atoms with Crippen LogP contribution in [-0.4, -0.2) is 46.5 Å². The smallest absolute Gasteiger partial charge is 0.0945 e. The first-order valence-corrected chi connectivity index (χ1v) is 5.14. The van der Waals surface area contributed by atoms with Crippen molar-refractivity contribution in [3.63, 3.8) is 0 Å². The molecule has 3 N–H and O–H groups in total. The van der Waals surface area contributed by atoms with Gasteiger partial charge in [-0.25, -0.2) is 4.98 Å². The van der Waals surface area contributed by atoms with E-state index in [4.69, 9.17) is 5.11 Å². The van der Waals surface area contributed by atoms with Crippen molar-refractivity contribution in [2.75, 3.05) is 25.1 Å². The summed E-state index contributed by atoms with van der Waals surface area (Å²) in [5.41, 5.74) is 2.85. The summed E-state index contributed by atoms with van der Waals surface area (Å²) >= 11 is 0. The van der Waals surface area contributed by atoms with Crippen LogP contribution in [0.2, 0.25) is 0 Å². The molecule has 0 aliphatic rings. The maximum Gasteiger partial charge on any atom is 0.0945 e. The largest absolute Gasteiger partial charge is 0.394 e. The minimum Gasteiger partial charge on any atom is -0.394 e. The van der Waals surface area contributed by atoms with Gasteiger partial charge in [-0.2, -0.15) is 0 Å². The van der Waals surface area contributed by atoms with Crippen molar-refractivity contribution in [2.45, 2.75) is 6.10 Å². The van der Waals surface area contributed by atoms with Crippen molar-refractivity contribution in [1.82, 2.24) is 9.97 Å². The number of aromatic amines is 1. The van der Waals surface area contributed by atoms with Gasteiger partial charge in [-0.05, 0) is 18.2 Å². The number of hydrogen-bond donors (Lipinski definition) is 3. The van der Waals surface area contributed by atoms with Gasteiger partial charge in [0.15, 0.2) is 0 Å². The second-order valence-corrected chi connectivity index (χ2v) is 3.82. The molecule has 0 spiro atoms. The number of hydrogen-bond acceptors (Lipinski definition) is 4. The zero-order chi connectivity index (χ0) is 11.5. The van der Waals surface area contributed by atoms with Gasteiger partial charge in [0.2, 0.25) is 0 Å². The van der Waals surface area contributed by atoms with E-state index in [1.165, 1.54) is 0 Å². The van der Waals surface area contributed by atoms with E-state index in [0.717, 1.165) is 16.7 Å².